The van der Waals surface area contributed by atoms with E-state index in [2.05, 4.69) is 9.64 Å². The maximum absolute atomic E-state index is 12.6. The quantitative estimate of drug-likeness (QED) is 0.402. The summed E-state index contributed by atoms with van der Waals surface area (Å²) < 4.78 is 10.3. The molecule has 11 heteroatoms. The van der Waals surface area contributed by atoms with Gasteiger partial charge in [-0.15, -0.1) is 11.8 Å². The second-order valence-electron chi connectivity index (χ2n) is 7.34. The van der Waals surface area contributed by atoms with Crippen molar-refractivity contribution in [1.29, 1.82) is 0 Å². The summed E-state index contributed by atoms with van der Waals surface area (Å²) in [5, 5.41) is 10.0. The first-order valence-electron chi connectivity index (χ1n) is 9.56. The Morgan fingerprint density at radius 2 is 2.30 bits per heavy atom. The first-order chi connectivity index (χ1) is 14.4. The number of rotatable bonds is 7. The number of pyridine rings is 1. The van der Waals surface area contributed by atoms with Crippen LogP contribution in [0.3, 0.4) is 0 Å². The number of thioether (sulfide) groups is 1. The summed E-state index contributed by atoms with van der Waals surface area (Å²) in [6.45, 7) is 3.57. The van der Waals surface area contributed by atoms with Crippen LogP contribution >= 0.6 is 20.4 Å². The minimum atomic E-state index is -0.780. The number of aromatic nitrogens is 2. The van der Waals surface area contributed by atoms with Gasteiger partial charge in [0, 0.05) is 35.4 Å². The van der Waals surface area contributed by atoms with Gasteiger partial charge in [-0.2, -0.15) is 0 Å². The van der Waals surface area contributed by atoms with Crippen molar-refractivity contribution < 1.29 is 19.2 Å². The minimum Gasteiger partial charge on any atom is -0.393 e. The number of hydrogen-bond donors (Lipinski definition) is 1. The van der Waals surface area contributed by atoms with Crippen LogP contribution in [0.15, 0.2) is 45.9 Å². The fraction of sp³-hybridized carbons (Fsp3) is 0.421. The zero-order valence-corrected chi connectivity index (χ0v) is 18.2. The molecule has 4 atom stereocenters. The van der Waals surface area contributed by atoms with Crippen LogP contribution in [0.2, 0.25) is 0 Å². The minimum absolute atomic E-state index is 0.0253. The van der Waals surface area contributed by atoms with E-state index in [9.17, 15) is 14.7 Å². The van der Waals surface area contributed by atoms with Crippen LogP contribution in [0.5, 0.6) is 0 Å². The lowest BCUT2D eigenvalue weighted by molar-refractivity contribution is -0.162. The molecular weight excluding hydrogens is 422 g/mol. The van der Waals surface area contributed by atoms with Gasteiger partial charge in [0.25, 0.3) is 7.98 Å². The summed E-state index contributed by atoms with van der Waals surface area (Å²) in [6.07, 6.45) is 3.86. The molecule has 8 nitrogen and oxygen atoms in total. The van der Waals surface area contributed by atoms with Crippen LogP contribution < -0.4 is 0 Å². The van der Waals surface area contributed by atoms with Crippen molar-refractivity contribution in [3.05, 3.63) is 46.9 Å². The van der Waals surface area contributed by atoms with E-state index < -0.39 is 18.0 Å². The monoisotopic (exact) mass is 442 g/mol. The first-order valence-corrected chi connectivity index (χ1v) is 11.3. The lowest BCUT2D eigenvalue weighted by Crippen LogP contribution is -2.63. The van der Waals surface area contributed by atoms with Gasteiger partial charge in [-0.3, -0.25) is 4.79 Å². The number of fused-ring (bicyclic) bond motifs is 2. The van der Waals surface area contributed by atoms with E-state index in [0.717, 1.165) is 16.2 Å². The molecule has 1 amide bonds. The van der Waals surface area contributed by atoms with Gasteiger partial charge in [-0.25, -0.2) is 9.78 Å². The lowest BCUT2D eigenvalue weighted by Gasteiger charge is -2.46. The van der Waals surface area contributed by atoms with E-state index in [1.165, 1.54) is 16.7 Å². The Hall–Kier alpha value is -2.16. The number of amides is 1. The van der Waals surface area contributed by atoms with Crippen LogP contribution in [-0.2, 0) is 20.5 Å². The molecule has 4 unspecified atom stereocenters. The van der Waals surface area contributed by atoms with Crippen molar-refractivity contribution in [3.8, 4) is 0 Å². The molecule has 1 saturated heterocycles. The van der Waals surface area contributed by atoms with Crippen molar-refractivity contribution in [2.75, 3.05) is 5.75 Å². The molecule has 2 aromatic rings. The molecule has 154 valence electrons. The van der Waals surface area contributed by atoms with Gasteiger partial charge in [-0.1, -0.05) is 13.0 Å². The van der Waals surface area contributed by atoms with Gasteiger partial charge < -0.3 is 23.6 Å². The average Bonchev–Trinajstić information content (AvgIpc) is 3.23. The van der Waals surface area contributed by atoms with Crippen LogP contribution in [0.4, 0.5) is 0 Å². The number of aliphatic hydroxyl groups excluding tert-OH is 1. The van der Waals surface area contributed by atoms with Crippen molar-refractivity contribution >= 4 is 45.9 Å². The highest BCUT2D eigenvalue weighted by atomic mass is 32.2. The Labute approximate surface area is 181 Å². The maximum atomic E-state index is 12.6. The van der Waals surface area contributed by atoms with Crippen LogP contribution in [-0.4, -0.2) is 57.1 Å². The van der Waals surface area contributed by atoms with Gasteiger partial charge in [0.15, 0.2) is 0 Å². The van der Waals surface area contributed by atoms with Gasteiger partial charge in [-0.05, 0) is 19.1 Å². The number of aliphatic hydroxyl groups is 1. The Kier molecular flexibility index (Phi) is 6.00. The zero-order chi connectivity index (χ0) is 21.4. The largest absolute Gasteiger partial charge is 0.393 e. The molecular formula is C19H20BN4O4PS. The maximum Gasteiger partial charge on any atom is 0.365 e. The van der Waals surface area contributed by atoms with E-state index in [1.54, 1.807) is 6.92 Å². The molecule has 2 aliphatic rings. The van der Waals surface area contributed by atoms with Crippen molar-refractivity contribution in [3.63, 3.8) is 0 Å². The Morgan fingerprint density at radius 1 is 1.50 bits per heavy atom. The Bertz CT molecular complexity index is 1020. The highest BCUT2D eigenvalue weighted by Crippen LogP contribution is 2.50. The number of aryl methyl sites for hydroxylation is 1. The molecule has 2 radical (unpaired) electrons. The number of β-lactam (4-membered cyclic amide) rings is 1. The van der Waals surface area contributed by atoms with Gasteiger partial charge in [0.2, 0.25) is 14.5 Å². The van der Waals surface area contributed by atoms with Crippen molar-refractivity contribution in [2.24, 2.45) is 16.5 Å². The van der Waals surface area contributed by atoms with E-state index in [0.29, 0.717) is 12.2 Å². The van der Waals surface area contributed by atoms with Gasteiger partial charge >= 0.3 is 5.97 Å². The third-order valence-corrected chi connectivity index (χ3v) is 7.13. The molecule has 4 heterocycles. The summed E-state index contributed by atoms with van der Waals surface area (Å²) in [5.41, 5.74) is 2.07. The fourth-order valence-electron chi connectivity index (χ4n) is 4.18. The molecule has 30 heavy (non-hydrogen) atoms. The van der Waals surface area contributed by atoms with Crippen LogP contribution in [0.25, 0.3) is 5.65 Å². The third kappa shape index (κ3) is 3.57. The molecule has 4 rings (SSSR count). The zero-order valence-electron chi connectivity index (χ0n) is 16.5. The lowest BCUT2D eigenvalue weighted by atomic mass is 9.79. The topological polar surface area (TPSA) is 96.5 Å². The molecule has 0 aliphatic carbocycles. The fourth-order valence-corrected chi connectivity index (χ4v) is 5.64. The highest BCUT2D eigenvalue weighted by molar-refractivity contribution is 8.03. The number of nitrogens with zero attached hydrogens (tertiary/aromatic N) is 4. The summed E-state index contributed by atoms with van der Waals surface area (Å²) >= 11 is 1.52. The Balaban J connectivity index is 1.54. The second-order valence-corrected chi connectivity index (χ2v) is 9.05. The highest BCUT2D eigenvalue weighted by Gasteiger charge is 2.60. The summed E-state index contributed by atoms with van der Waals surface area (Å²) in [6, 6.07) is 5.59. The van der Waals surface area contributed by atoms with Crippen LogP contribution in [0, 0.1) is 11.8 Å². The predicted molar refractivity (Wildman–Crippen MR) is 115 cm³/mol. The number of carbonyl (C=O) groups excluding carboxylic acids is 2. The summed E-state index contributed by atoms with van der Waals surface area (Å²) in [4.78, 5) is 32.1. The molecule has 2 aliphatic heterocycles. The van der Waals surface area contributed by atoms with Gasteiger partial charge in [0.05, 0.1) is 23.8 Å². The number of hydrogen-bond acceptors (Lipinski definition) is 7. The Morgan fingerprint density at radius 3 is 3.00 bits per heavy atom. The van der Waals surface area contributed by atoms with E-state index in [4.69, 9.17) is 12.5 Å². The van der Waals surface area contributed by atoms with Crippen molar-refractivity contribution in [2.45, 2.75) is 32.4 Å². The van der Waals surface area contributed by atoms with Crippen LogP contribution in [0.1, 0.15) is 19.5 Å². The third-order valence-electron chi connectivity index (χ3n) is 5.50. The number of imidazole rings is 1. The molecule has 2 aromatic heterocycles. The van der Waals surface area contributed by atoms with Gasteiger partial charge in [0.1, 0.15) is 11.3 Å². The summed E-state index contributed by atoms with van der Waals surface area (Å²) in [7, 11) is 5.05. The van der Waals surface area contributed by atoms with Crippen molar-refractivity contribution in [1.82, 2.24) is 14.3 Å². The first kappa shape index (κ1) is 21.1. The standard InChI is InChI=1S/C19H20BN4O4PS/c1-10-15-14(11(2)25)18(26)24(15)16(19(27)28-29-22-20)17(10)30-8-6-12-9-23-7-4-3-5-13(23)21-12/h3-5,7,9-11,14-15,25H,6,8H2,1-2H3. The normalized spacial score (nSPS) is 24.4. The molecule has 0 saturated carbocycles. The predicted octanol–water partition coefficient (Wildman–Crippen LogP) is 2.35. The van der Waals surface area contributed by atoms with E-state index >= 15 is 0 Å². The molecule has 1 N–H and O–H groups in total. The summed E-state index contributed by atoms with van der Waals surface area (Å²) in [5.74, 6) is -0.801. The second kappa shape index (κ2) is 8.53. The SMILES string of the molecule is [B]N=POC(=O)C1=C(SCCc2cn3ccccc3n2)C(C)C2C(C(C)O)C(=O)N12. The molecule has 1 fully saturated rings. The average molecular weight is 442 g/mol. The molecule has 0 aromatic carbocycles. The van der Waals surface area contributed by atoms with E-state index in [-0.39, 0.29) is 32.2 Å². The number of carbonyl (C=O) groups is 2. The molecule has 0 spiro atoms. The molecule has 0 bridgehead atoms. The smallest absolute Gasteiger partial charge is 0.365 e. The van der Waals surface area contributed by atoms with E-state index in [1.807, 2.05) is 41.9 Å².